The molecule has 0 amide bonds. The van der Waals surface area contributed by atoms with E-state index >= 15 is 0 Å². The van der Waals surface area contributed by atoms with Crippen LogP contribution in [-0.4, -0.2) is 9.55 Å². The van der Waals surface area contributed by atoms with Crippen LogP contribution in [-0.2, 0) is 6.54 Å². The van der Waals surface area contributed by atoms with Crippen molar-refractivity contribution in [2.45, 2.75) is 20.4 Å². The fourth-order valence-electron chi connectivity index (χ4n) is 1.66. The number of hydrogen-bond donors (Lipinski definition) is 0. The quantitative estimate of drug-likeness (QED) is 0.763. The molecule has 2 rings (SSSR count). The number of rotatable bonds is 3. The number of allylic oxidation sites excluding steroid dienone is 1. The molecule has 1 aromatic heterocycles. The molecule has 0 aliphatic carbocycles. The smallest absolute Gasteiger partial charge is 0.0953 e. The second-order valence-corrected chi connectivity index (χ2v) is 3.93. The summed E-state index contributed by atoms with van der Waals surface area (Å²) >= 11 is 0. The average Bonchev–Trinajstić information content (AvgIpc) is 2.70. The molecule has 1 aromatic carbocycles. The Hall–Kier alpha value is -1.83. The highest BCUT2D eigenvalue weighted by Crippen LogP contribution is 2.09. The summed E-state index contributed by atoms with van der Waals surface area (Å²) in [6.07, 6.45) is 7.85. The molecule has 2 aromatic rings. The van der Waals surface area contributed by atoms with Gasteiger partial charge in [-0.15, -0.1) is 0 Å². The standard InChI is InChI=1S/C14H16N2/c1-3-4-14-9-15-11-16(14)10-13-7-5-12(2)6-8-13/h3-9,11H,10H2,1-2H3/b4-3-. The Bertz CT molecular complexity index is 478. The van der Waals surface area contributed by atoms with Gasteiger partial charge in [-0.25, -0.2) is 4.98 Å². The van der Waals surface area contributed by atoms with E-state index in [0.29, 0.717) is 0 Å². The summed E-state index contributed by atoms with van der Waals surface area (Å²) in [5.41, 5.74) is 3.74. The van der Waals surface area contributed by atoms with Crippen LogP contribution < -0.4 is 0 Å². The molecule has 16 heavy (non-hydrogen) atoms. The summed E-state index contributed by atoms with van der Waals surface area (Å²) in [4.78, 5) is 4.17. The van der Waals surface area contributed by atoms with Crippen molar-refractivity contribution in [2.24, 2.45) is 0 Å². The van der Waals surface area contributed by atoms with E-state index in [1.165, 1.54) is 11.1 Å². The molecule has 0 atom stereocenters. The molecule has 2 heteroatoms. The Morgan fingerprint density at radius 2 is 2.00 bits per heavy atom. The van der Waals surface area contributed by atoms with Gasteiger partial charge in [0.25, 0.3) is 0 Å². The van der Waals surface area contributed by atoms with Gasteiger partial charge in [-0.3, -0.25) is 0 Å². The van der Waals surface area contributed by atoms with Gasteiger partial charge in [-0.2, -0.15) is 0 Å². The van der Waals surface area contributed by atoms with E-state index in [2.05, 4.69) is 46.8 Å². The lowest BCUT2D eigenvalue weighted by molar-refractivity contribution is 0.789. The lowest BCUT2D eigenvalue weighted by atomic mass is 10.1. The van der Waals surface area contributed by atoms with Gasteiger partial charge in [0.2, 0.25) is 0 Å². The topological polar surface area (TPSA) is 17.8 Å². The highest BCUT2D eigenvalue weighted by atomic mass is 15.0. The minimum absolute atomic E-state index is 0.875. The van der Waals surface area contributed by atoms with Gasteiger partial charge >= 0.3 is 0 Å². The molecule has 0 spiro atoms. The third kappa shape index (κ3) is 2.40. The number of benzene rings is 1. The lowest BCUT2D eigenvalue weighted by Gasteiger charge is -2.05. The first-order valence-corrected chi connectivity index (χ1v) is 5.48. The highest BCUT2D eigenvalue weighted by molar-refractivity contribution is 5.43. The number of nitrogens with zero attached hydrogens (tertiary/aromatic N) is 2. The van der Waals surface area contributed by atoms with Crippen LogP contribution in [0.25, 0.3) is 6.08 Å². The first-order valence-electron chi connectivity index (χ1n) is 5.48. The zero-order valence-electron chi connectivity index (χ0n) is 9.72. The number of aromatic nitrogens is 2. The van der Waals surface area contributed by atoms with Crippen LogP contribution in [0.15, 0.2) is 42.9 Å². The van der Waals surface area contributed by atoms with Crippen LogP contribution in [0.4, 0.5) is 0 Å². The zero-order chi connectivity index (χ0) is 11.4. The van der Waals surface area contributed by atoms with Crippen molar-refractivity contribution >= 4 is 6.08 Å². The van der Waals surface area contributed by atoms with Crippen LogP contribution in [0.2, 0.25) is 0 Å². The summed E-state index contributed by atoms with van der Waals surface area (Å²) in [6.45, 7) is 5.00. The van der Waals surface area contributed by atoms with Gasteiger partial charge in [0, 0.05) is 6.54 Å². The molecule has 2 nitrogen and oxygen atoms in total. The number of aryl methyl sites for hydroxylation is 1. The second-order valence-electron chi connectivity index (χ2n) is 3.93. The normalized spacial score (nSPS) is 11.1. The van der Waals surface area contributed by atoms with E-state index in [1.807, 2.05) is 25.5 Å². The lowest BCUT2D eigenvalue weighted by Crippen LogP contribution is -1.99. The van der Waals surface area contributed by atoms with Crippen molar-refractivity contribution in [3.8, 4) is 0 Å². The minimum atomic E-state index is 0.875. The summed E-state index contributed by atoms with van der Waals surface area (Å²) in [7, 11) is 0. The van der Waals surface area contributed by atoms with E-state index in [1.54, 1.807) is 0 Å². The average molecular weight is 212 g/mol. The molecule has 0 fully saturated rings. The van der Waals surface area contributed by atoms with Gasteiger partial charge in [-0.05, 0) is 25.5 Å². The third-order valence-electron chi connectivity index (χ3n) is 2.56. The summed E-state index contributed by atoms with van der Waals surface area (Å²) < 4.78 is 2.14. The van der Waals surface area contributed by atoms with Gasteiger partial charge in [0.1, 0.15) is 0 Å². The molecule has 0 bridgehead atoms. The van der Waals surface area contributed by atoms with Crippen molar-refractivity contribution in [1.29, 1.82) is 0 Å². The van der Waals surface area contributed by atoms with Crippen molar-refractivity contribution < 1.29 is 0 Å². The van der Waals surface area contributed by atoms with E-state index in [0.717, 1.165) is 12.2 Å². The largest absolute Gasteiger partial charge is 0.327 e. The predicted molar refractivity (Wildman–Crippen MR) is 67.2 cm³/mol. The highest BCUT2D eigenvalue weighted by Gasteiger charge is 1.99. The van der Waals surface area contributed by atoms with Gasteiger partial charge in [0.05, 0.1) is 18.2 Å². The first-order chi connectivity index (χ1) is 7.79. The van der Waals surface area contributed by atoms with E-state index in [4.69, 9.17) is 0 Å². The summed E-state index contributed by atoms with van der Waals surface area (Å²) in [5, 5.41) is 0. The maximum atomic E-state index is 4.17. The van der Waals surface area contributed by atoms with Gasteiger partial charge < -0.3 is 4.57 Å². The van der Waals surface area contributed by atoms with Crippen molar-refractivity contribution in [1.82, 2.24) is 9.55 Å². The Balaban J connectivity index is 2.20. The molecule has 0 aliphatic heterocycles. The minimum Gasteiger partial charge on any atom is -0.327 e. The molecule has 0 radical (unpaired) electrons. The SMILES string of the molecule is C/C=C\c1cncn1Cc1ccc(C)cc1. The van der Waals surface area contributed by atoms with Crippen molar-refractivity contribution in [3.05, 3.63) is 59.7 Å². The maximum Gasteiger partial charge on any atom is 0.0953 e. The Morgan fingerprint density at radius 3 is 2.69 bits per heavy atom. The van der Waals surface area contributed by atoms with Gasteiger partial charge in [0.15, 0.2) is 0 Å². The monoisotopic (exact) mass is 212 g/mol. The number of hydrogen-bond acceptors (Lipinski definition) is 1. The van der Waals surface area contributed by atoms with Crippen molar-refractivity contribution in [3.63, 3.8) is 0 Å². The van der Waals surface area contributed by atoms with E-state index in [-0.39, 0.29) is 0 Å². The summed E-state index contributed by atoms with van der Waals surface area (Å²) in [5.74, 6) is 0. The zero-order valence-corrected chi connectivity index (χ0v) is 9.72. The predicted octanol–water partition coefficient (Wildman–Crippen LogP) is 3.27. The van der Waals surface area contributed by atoms with E-state index in [9.17, 15) is 0 Å². The molecular weight excluding hydrogens is 196 g/mol. The number of imidazole rings is 1. The van der Waals surface area contributed by atoms with E-state index < -0.39 is 0 Å². The van der Waals surface area contributed by atoms with Crippen LogP contribution in [0.5, 0.6) is 0 Å². The van der Waals surface area contributed by atoms with Crippen LogP contribution >= 0.6 is 0 Å². The first kappa shape index (κ1) is 10.7. The van der Waals surface area contributed by atoms with Crippen LogP contribution in [0.1, 0.15) is 23.7 Å². The Morgan fingerprint density at radius 1 is 1.25 bits per heavy atom. The molecule has 0 saturated carbocycles. The van der Waals surface area contributed by atoms with Gasteiger partial charge in [-0.1, -0.05) is 35.9 Å². The van der Waals surface area contributed by atoms with Crippen LogP contribution in [0.3, 0.4) is 0 Å². The fraction of sp³-hybridized carbons (Fsp3) is 0.214. The molecule has 1 heterocycles. The maximum absolute atomic E-state index is 4.17. The molecular formula is C14H16N2. The second kappa shape index (κ2) is 4.79. The Kier molecular flexibility index (Phi) is 3.20. The Labute approximate surface area is 96.3 Å². The third-order valence-corrected chi connectivity index (χ3v) is 2.56. The van der Waals surface area contributed by atoms with Crippen molar-refractivity contribution in [2.75, 3.05) is 0 Å². The molecule has 0 saturated heterocycles. The molecule has 0 unspecified atom stereocenters. The fourth-order valence-corrected chi connectivity index (χ4v) is 1.66. The molecule has 0 aliphatic rings. The molecule has 0 N–H and O–H groups in total. The molecule has 82 valence electrons. The summed E-state index contributed by atoms with van der Waals surface area (Å²) in [6, 6.07) is 8.60. The van der Waals surface area contributed by atoms with Crippen LogP contribution in [0, 0.1) is 6.92 Å².